The van der Waals surface area contributed by atoms with E-state index in [1.165, 1.54) is 5.56 Å². The van der Waals surface area contributed by atoms with E-state index >= 15 is 0 Å². The predicted molar refractivity (Wildman–Crippen MR) is 109 cm³/mol. The van der Waals surface area contributed by atoms with E-state index < -0.39 is 0 Å². The Bertz CT molecular complexity index is 891. The largest absolute Gasteiger partial charge is 0.352 e. The van der Waals surface area contributed by atoms with Gasteiger partial charge in [-0.05, 0) is 36.2 Å². The van der Waals surface area contributed by atoms with Crippen LogP contribution in [0.4, 0.5) is 5.82 Å². The highest BCUT2D eigenvalue weighted by Gasteiger charge is 2.22. The molecule has 0 bridgehead atoms. The summed E-state index contributed by atoms with van der Waals surface area (Å²) in [6.45, 7) is 2.98. The van der Waals surface area contributed by atoms with Gasteiger partial charge in [-0.15, -0.1) is 10.2 Å². The van der Waals surface area contributed by atoms with Crippen LogP contribution in [0.15, 0.2) is 66.9 Å². The van der Waals surface area contributed by atoms with Gasteiger partial charge in [-0.2, -0.15) is 0 Å². The van der Waals surface area contributed by atoms with Gasteiger partial charge < -0.3 is 9.80 Å². The van der Waals surface area contributed by atoms with Crippen molar-refractivity contribution >= 4 is 11.7 Å². The van der Waals surface area contributed by atoms with Crippen molar-refractivity contribution in [1.29, 1.82) is 0 Å². The molecule has 1 fully saturated rings. The lowest BCUT2D eigenvalue weighted by atomic mass is 10.1. The molecule has 142 valence electrons. The maximum atomic E-state index is 12.5. The quantitative estimate of drug-likeness (QED) is 0.688. The summed E-state index contributed by atoms with van der Waals surface area (Å²) in [6, 6.07) is 19.8. The Hall–Kier alpha value is -3.28. The number of carbonyl (C=O) groups excluding carboxylic acids is 1. The monoisotopic (exact) mass is 373 g/mol. The van der Waals surface area contributed by atoms with Crippen LogP contribution in [0.2, 0.25) is 0 Å². The number of anilines is 1. The zero-order valence-electron chi connectivity index (χ0n) is 15.7. The third-order valence-electron chi connectivity index (χ3n) is 5.00. The molecular formula is C22H23N5O. The van der Waals surface area contributed by atoms with Crippen molar-refractivity contribution in [2.75, 3.05) is 31.1 Å². The number of aromatic nitrogens is 3. The molecule has 1 aliphatic rings. The molecule has 0 aliphatic carbocycles. The van der Waals surface area contributed by atoms with Crippen LogP contribution in [0.25, 0.3) is 11.4 Å². The van der Waals surface area contributed by atoms with Crippen LogP contribution in [0.5, 0.6) is 0 Å². The maximum absolute atomic E-state index is 12.5. The number of aryl methyl sites for hydroxylation is 1. The van der Waals surface area contributed by atoms with E-state index in [0.29, 0.717) is 6.42 Å². The lowest BCUT2D eigenvalue weighted by Crippen LogP contribution is -2.49. The second-order valence-corrected chi connectivity index (χ2v) is 6.85. The van der Waals surface area contributed by atoms with E-state index in [-0.39, 0.29) is 5.91 Å². The number of benzene rings is 1. The summed E-state index contributed by atoms with van der Waals surface area (Å²) in [6.07, 6.45) is 3.10. The van der Waals surface area contributed by atoms with E-state index in [4.69, 9.17) is 0 Å². The molecule has 0 unspecified atom stereocenters. The summed E-state index contributed by atoms with van der Waals surface area (Å²) in [7, 11) is 0. The van der Waals surface area contributed by atoms with Gasteiger partial charge in [0.2, 0.25) is 5.91 Å². The molecule has 1 aromatic carbocycles. The van der Waals surface area contributed by atoms with Crippen molar-refractivity contribution in [3.8, 4) is 11.4 Å². The molecular weight excluding hydrogens is 350 g/mol. The number of carbonyl (C=O) groups is 1. The predicted octanol–water partition coefficient (Wildman–Crippen LogP) is 2.82. The number of piperazine rings is 1. The molecule has 2 aromatic heterocycles. The average Bonchev–Trinajstić information content (AvgIpc) is 2.79. The van der Waals surface area contributed by atoms with Crippen LogP contribution in [0.1, 0.15) is 12.0 Å². The maximum Gasteiger partial charge on any atom is 0.223 e. The minimum Gasteiger partial charge on any atom is -0.352 e. The molecule has 6 heteroatoms. The normalized spacial score (nSPS) is 14.1. The van der Waals surface area contributed by atoms with E-state index in [1.54, 1.807) is 6.20 Å². The summed E-state index contributed by atoms with van der Waals surface area (Å²) < 4.78 is 0. The molecule has 6 nitrogen and oxygen atoms in total. The fraction of sp³-hybridized carbons (Fsp3) is 0.273. The summed E-state index contributed by atoms with van der Waals surface area (Å²) in [5.74, 6) is 1.07. The minimum absolute atomic E-state index is 0.222. The first-order valence-electron chi connectivity index (χ1n) is 9.61. The number of amides is 1. The van der Waals surface area contributed by atoms with Crippen LogP contribution in [0.3, 0.4) is 0 Å². The van der Waals surface area contributed by atoms with E-state index in [9.17, 15) is 4.79 Å². The average molecular weight is 373 g/mol. The van der Waals surface area contributed by atoms with Crippen LogP contribution in [-0.4, -0.2) is 52.2 Å². The molecule has 0 atom stereocenters. The lowest BCUT2D eigenvalue weighted by Gasteiger charge is -2.35. The van der Waals surface area contributed by atoms with Crippen molar-refractivity contribution in [2.45, 2.75) is 12.8 Å². The summed E-state index contributed by atoms with van der Waals surface area (Å²) in [5, 5.41) is 8.66. The number of nitrogens with zero attached hydrogens (tertiary/aromatic N) is 5. The highest BCUT2D eigenvalue weighted by Crippen LogP contribution is 2.18. The van der Waals surface area contributed by atoms with Crippen molar-refractivity contribution in [1.82, 2.24) is 20.1 Å². The van der Waals surface area contributed by atoms with Gasteiger partial charge in [-0.25, -0.2) is 0 Å². The van der Waals surface area contributed by atoms with Crippen LogP contribution in [-0.2, 0) is 11.2 Å². The summed E-state index contributed by atoms with van der Waals surface area (Å²) >= 11 is 0. The first-order chi connectivity index (χ1) is 13.8. The van der Waals surface area contributed by atoms with Crippen LogP contribution < -0.4 is 4.90 Å². The first-order valence-corrected chi connectivity index (χ1v) is 9.61. The molecule has 4 rings (SSSR count). The SMILES string of the molecule is O=C(CCc1ccccc1)N1CCN(c2ccc(-c3ccccn3)nn2)CC1. The van der Waals surface area contributed by atoms with Crippen LogP contribution in [0, 0.1) is 0 Å². The fourth-order valence-electron chi connectivity index (χ4n) is 3.38. The molecule has 3 heterocycles. The number of pyridine rings is 1. The molecule has 28 heavy (non-hydrogen) atoms. The Morgan fingerprint density at radius 3 is 2.29 bits per heavy atom. The van der Waals surface area contributed by atoms with Crippen molar-refractivity contribution in [2.24, 2.45) is 0 Å². The Morgan fingerprint density at radius 1 is 0.821 bits per heavy atom. The fourth-order valence-corrected chi connectivity index (χ4v) is 3.38. The van der Waals surface area contributed by atoms with Gasteiger partial charge in [-0.1, -0.05) is 36.4 Å². The Kier molecular flexibility index (Phi) is 5.56. The lowest BCUT2D eigenvalue weighted by molar-refractivity contribution is -0.131. The van der Waals surface area contributed by atoms with Crippen molar-refractivity contribution < 1.29 is 4.79 Å². The first kappa shape index (κ1) is 18.1. The highest BCUT2D eigenvalue weighted by atomic mass is 16.2. The summed E-state index contributed by atoms with van der Waals surface area (Å²) in [4.78, 5) is 20.9. The molecule has 0 radical (unpaired) electrons. The molecule has 1 amide bonds. The van der Waals surface area contributed by atoms with Gasteiger partial charge in [0.25, 0.3) is 0 Å². The molecule has 0 N–H and O–H groups in total. The Balaban J connectivity index is 1.29. The van der Waals surface area contributed by atoms with Gasteiger partial charge in [0.15, 0.2) is 5.82 Å². The third-order valence-corrected chi connectivity index (χ3v) is 5.00. The third kappa shape index (κ3) is 4.34. The number of hydrogen-bond donors (Lipinski definition) is 0. The Morgan fingerprint density at radius 2 is 1.61 bits per heavy atom. The van der Waals surface area contributed by atoms with Crippen molar-refractivity contribution in [3.63, 3.8) is 0 Å². The molecule has 0 saturated carbocycles. The zero-order chi connectivity index (χ0) is 19.2. The second kappa shape index (κ2) is 8.61. The standard InChI is InChI=1S/C22H23N5O/c28-22(12-9-18-6-2-1-3-7-18)27-16-14-26(15-17-27)21-11-10-20(24-25-21)19-8-4-5-13-23-19/h1-8,10-11,13H,9,12,14-17H2. The van der Waals surface area contributed by atoms with E-state index in [0.717, 1.165) is 49.8 Å². The Labute approximate surface area is 164 Å². The van der Waals surface area contributed by atoms with Gasteiger partial charge in [-0.3, -0.25) is 9.78 Å². The van der Waals surface area contributed by atoms with E-state index in [2.05, 4.69) is 32.2 Å². The number of rotatable bonds is 5. The molecule has 0 spiro atoms. The summed E-state index contributed by atoms with van der Waals surface area (Å²) in [5.41, 5.74) is 2.78. The van der Waals surface area contributed by atoms with Gasteiger partial charge in [0.1, 0.15) is 5.69 Å². The highest BCUT2D eigenvalue weighted by molar-refractivity contribution is 5.76. The van der Waals surface area contributed by atoms with Crippen molar-refractivity contribution in [3.05, 3.63) is 72.4 Å². The number of hydrogen-bond acceptors (Lipinski definition) is 5. The van der Waals surface area contributed by atoms with Crippen LogP contribution >= 0.6 is 0 Å². The smallest absolute Gasteiger partial charge is 0.223 e. The molecule has 1 aliphatic heterocycles. The van der Waals surface area contributed by atoms with Gasteiger partial charge >= 0.3 is 0 Å². The zero-order valence-corrected chi connectivity index (χ0v) is 15.7. The minimum atomic E-state index is 0.222. The van der Waals surface area contributed by atoms with Gasteiger partial charge in [0.05, 0.1) is 5.69 Å². The second-order valence-electron chi connectivity index (χ2n) is 6.85. The molecule has 3 aromatic rings. The topological polar surface area (TPSA) is 62.2 Å². The molecule has 1 saturated heterocycles. The van der Waals surface area contributed by atoms with Gasteiger partial charge in [0, 0.05) is 38.8 Å². The van der Waals surface area contributed by atoms with E-state index in [1.807, 2.05) is 53.4 Å².